The van der Waals surface area contributed by atoms with Crippen LogP contribution in [0.1, 0.15) is 25.0 Å². The molecule has 2 N–H and O–H groups in total. The number of rotatable bonds is 8. The number of morpholine rings is 1. The van der Waals surface area contributed by atoms with Gasteiger partial charge in [0.05, 0.1) is 12.7 Å². The van der Waals surface area contributed by atoms with E-state index in [1.807, 2.05) is 7.05 Å². The highest BCUT2D eigenvalue weighted by atomic mass is 16.5. The van der Waals surface area contributed by atoms with E-state index in [1.54, 1.807) is 0 Å². The van der Waals surface area contributed by atoms with Crippen LogP contribution in [0.4, 0.5) is 0 Å². The number of nitrogens with one attached hydrogen (secondary N) is 2. The Labute approximate surface area is 165 Å². The van der Waals surface area contributed by atoms with Gasteiger partial charge in [-0.1, -0.05) is 38.1 Å². The maximum Gasteiger partial charge on any atom is 0.191 e. The molecule has 1 aliphatic heterocycles. The molecule has 0 aliphatic carbocycles. The Morgan fingerprint density at radius 3 is 2.78 bits per heavy atom. The summed E-state index contributed by atoms with van der Waals surface area (Å²) < 4.78 is 5.91. The molecule has 1 unspecified atom stereocenters. The summed E-state index contributed by atoms with van der Waals surface area (Å²) in [6, 6.07) is 8.67. The molecule has 1 heterocycles. The average Bonchev–Trinajstić information content (AvgIpc) is 2.61. The molecule has 1 fully saturated rings. The molecule has 0 bridgehead atoms. The van der Waals surface area contributed by atoms with Crippen molar-refractivity contribution in [3.8, 4) is 0 Å². The summed E-state index contributed by atoms with van der Waals surface area (Å²) in [5, 5.41) is 6.81. The van der Waals surface area contributed by atoms with Gasteiger partial charge in [0.25, 0.3) is 0 Å². The lowest BCUT2D eigenvalue weighted by atomic mass is 10.1. The molecule has 6 heteroatoms. The van der Waals surface area contributed by atoms with Crippen LogP contribution < -0.4 is 10.6 Å². The van der Waals surface area contributed by atoms with Gasteiger partial charge in [0.1, 0.15) is 0 Å². The van der Waals surface area contributed by atoms with Gasteiger partial charge >= 0.3 is 0 Å². The largest absolute Gasteiger partial charge is 0.374 e. The molecule has 0 spiro atoms. The normalized spacial score (nSPS) is 18.9. The molecular formula is C21H37N5O. The highest BCUT2D eigenvalue weighted by molar-refractivity contribution is 5.79. The molecule has 2 rings (SSSR count). The van der Waals surface area contributed by atoms with Crippen molar-refractivity contribution in [3.63, 3.8) is 0 Å². The summed E-state index contributed by atoms with van der Waals surface area (Å²) in [6.45, 7) is 11.0. The molecule has 1 aromatic rings. The first kappa shape index (κ1) is 21.7. The van der Waals surface area contributed by atoms with E-state index in [0.29, 0.717) is 5.92 Å². The van der Waals surface area contributed by atoms with Crippen molar-refractivity contribution < 1.29 is 4.74 Å². The van der Waals surface area contributed by atoms with Gasteiger partial charge in [-0.25, -0.2) is 0 Å². The van der Waals surface area contributed by atoms with Crippen LogP contribution in [0.3, 0.4) is 0 Å². The zero-order valence-corrected chi connectivity index (χ0v) is 17.7. The van der Waals surface area contributed by atoms with E-state index in [0.717, 1.165) is 51.8 Å². The number of ether oxygens (including phenoxy) is 1. The van der Waals surface area contributed by atoms with Crippen LogP contribution >= 0.6 is 0 Å². The highest BCUT2D eigenvalue weighted by Gasteiger charge is 2.21. The fourth-order valence-electron chi connectivity index (χ4n) is 3.41. The lowest BCUT2D eigenvalue weighted by molar-refractivity contribution is -0.0284. The van der Waals surface area contributed by atoms with Crippen molar-refractivity contribution in [1.29, 1.82) is 0 Å². The van der Waals surface area contributed by atoms with Gasteiger partial charge < -0.3 is 20.3 Å². The minimum atomic E-state index is 0.208. The summed E-state index contributed by atoms with van der Waals surface area (Å²) in [4.78, 5) is 9.02. The summed E-state index contributed by atoms with van der Waals surface area (Å²) >= 11 is 0. The predicted octanol–water partition coefficient (Wildman–Crippen LogP) is 1.77. The molecule has 152 valence electrons. The molecule has 27 heavy (non-hydrogen) atoms. The second-order valence-corrected chi connectivity index (χ2v) is 8.01. The molecule has 6 nitrogen and oxygen atoms in total. The van der Waals surface area contributed by atoms with Crippen LogP contribution in [-0.2, 0) is 17.8 Å². The molecule has 1 aliphatic rings. The topological polar surface area (TPSA) is 52.1 Å². The number of guanidine groups is 1. The number of benzene rings is 1. The lowest BCUT2D eigenvalue weighted by Gasteiger charge is -2.34. The Balaban J connectivity index is 1.77. The summed E-state index contributed by atoms with van der Waals surface area (Å²) in [7, 11) is 5.99. The summed E-state index contributed by atoms with van der Waals surface area (Å²) in [5.74, 6) is 1.51. The van der Waals surface area contributed by atoms with Crippen molar-refractivity contribution in [2.24, 2.45) is 10.9 Å². The monoisotopic (exact) mass is 375 g/mol. The van der Waals surface area contributed by atoms with Gasteiger partial charge in [-0.05, 0) is 31.1 Å². The highest BCUT2D eigenvalue weighted by Crippen LogP contribution is 2.08. The first-order valence-corrected chi connectivity index (χ1v) is 9.97. The fraction of sp³-hybridized carbons (Fsp3) is 0.667. The minimum Gasteiger partial charge on any atom is -0.374 e. The first-order valence-electron chi connectivity index (χ1n) is 9.97. The molecule has 1 atom stereocenters. The van der Waals surface area contributed by atoms with E-state index < -0.39 is 0 Å². The van der Waals surface area contributed by atoms with Gasteiger partial charge in [0.2, 0.25) is 0 Å². The zero-order chi connectivity index (χ0) is 19.6. The average molecular weight is 376 g/mol. The number of aliphatic imine (C=N–C) groups is 1. The zero-order valence-electron chi connectivity index (χ0n) is 17.7. The van der Waals surface area contributed by atoms with Gasteiger partial charge in [-0.15, -0.1) is 0 Å². The SMILES string of the molecule is CN=C(NCc1cccc(CN(C)C)c1)NCC1CN(CC(C)C)CCO1. The van der Waals surface area contributed by atoms with Gasteiger partial charge in [0.15, 0.2) is 5.96 Å². The fourth-order valence-corrected chi connectivity index (χ4v) is 3.41. The number of hydrogen-bond acceptors (Lipinski definition) is 4. The van der Waals surface area contributed by atoms with E-state index in [-0.39, 0.29) is 6.10 Å². The Kier molecular flexibility index (Phi) is 9.04. The minimum absolute atomic E-state index is 0.208. The molecule has 1 aromatic carbocycles. The van der Waals surface area contributed by atoms with Gasteiger partial charge in [-0.2, -0.15) is 0 Å². The van der Waals surface area contributed by atoms with E-state index >= 15 is 0 Å². The first-order chi connectivity index (χ1) is 13.0. The van der Waals surface area contributed by atoms with Gasteiger partial charge in [0, 0.05) is 46.3 Å². The molecular weight excluding hydrogens is 338 g/mol. The maximum absolute atomic E-state index is 5.91. The third kappa shape index (κ3) is 8.28. The molecule has 0 radical (unpaired) electrons. The number of nitrogens with zero attached hydrogens (tertiary/aromatic N) is 3. The molecule has 0 saturated carbocycles. The van der Waals surface area contributed by atoms with E-state index in [1.165, 1.54) is 11.1 Å². The second-order valence-electron chi connectivity index (χ2n) is 8.01. The smallest absolute Gasteiger partial charge is 0.191 e. The van der Waals surface area contributed by atoms with Crippen LogP contribution in [-0.4, -0.2) is 75.8 Å². The van der Waals surface area contributed by atoms with Crippen LogP contribution in [0, 0.1) is 5.92 Å². The molecule has 0 aromatic heterocycles. The third-order valence-electron chi connectivity index (χ3n) is 4.52. The third-order valence-corrected chi connectivity index (χ3v) is 4.52. The molecule has 1 saturated heterocycles. The van der Waals surface area contributed by atoms with E-state index in [4.69, 9.17) is 4.74 Å². The van der Waals surface area contributed by atoms with Crippen LogP contribution in [0.2, 0.25) is 0 Å². The van der Waals surface area contributed by atoms with Crippen molar-refractivity contribution in [1.82, 2.24) is 20.4 Å². The molecule has 0 amide bonds. The Bertz CT molecular complexity index is 588. The van der Waals surface area contributed by atoms with Crippen molar-refractivity contribution in [3.05, 3.63) is 35.4 Å². The maximum atomic E-state index is 5.91. The predicted molar refractivity (Wildman–Crippen MR) is 113 cm³/mol. The van der Waals surface area contributed by atoms with Crippen LogP contribution in [0.5, 0.6) is 0 Å². The standard InChI is InChI=1S/C21H37N5O/c1-17(2)14-26-9-10-27-20(16-26)13-24-21(22-3)23-12-18-7-6-8-19(11-18)15-25(4)5/h6-8,11,17,20H,9-10,12-16H2,1-5H3,(H2,22,23,24). The Morgan fingerprint density at radius 2 is 2.07 bits per heavy atom. The van der Waals surface area contributed by atoms with Crippen LogP contribution in [0.15, 0.2) is 29.3 Å². The van der Waals surface area contributed by atoms with Crippen molar-refractivity contribution >= 4 is 5.96 Å². The van der Waals surface area contributed by atoms with Gasteiger partial charge in [-0.3, -0.25) is 9.89 Å². The van der Waals surface area contributed by atoms with E-state index in [2.05, 4.69) is 77.6 Å². The summed E-state index contributed by atoms with van der Waals surface area (Å²) in [5.41, 5.74) is 2.58. The van der Waals surface area contributed by atoms with E-state index in [9.17, 15) is 0 Å². The van der Waals surface area contributed by atoms with Crippen molar-refractivity contribution in [2.75, 3.05) is 53.9 Å². The quantitative estimate of drug-likeness (QED) is 0.536. The Morgan fingerprint density at radius 1 is 1.30 bits per heavy atom. The lowest BCUT2D eigenvalue weighted by Crippen LogP contribution is -2.50. The summed E-state index contributed by atoms with van der Waals surface area (Å²) in [6.07, 6.45) is 0.208. The van der Waals surface area contributed by atoms with Crippen LogP contribution in [0.25, 0.3) is 0 Å². The Hall–Kier alpha value is -1.63. The van der Waals surface area contributed by atoms with Crippen molar-refractivity contribution in [2.45, 2.75) is 33.0 Å². The second kappa shape index (κ2) is 11.3. The number of hydrogen-bond donors (Lipinski definition) is 2.